The van der Waals surface area contributed by atoms with Crippen LogP contribution in [-0.2, 0) is 7.05 Å². The normalized spacial score (nSPS) is 10.6. The third-order valence-corrected chi connectivity index (χ3v) is 3.99. The molecule has 0 spiro atoms. The van der Waals surface area contributed by atoms with Gasteiger partial charge in [0.25, 0.3) is 0 Å². The van der Waals surface area contributed by atoms with Gasteiger partial charge in [-0.2, -0.15) is 0 Å². The van der Waals surface area contributed by atoms with Crippen molar-refractivity contribution in [3.8, 4) is 0 Å². The van der Waals surface area contributed by atoms with Gasteiger partial charge in [-0.1, -0.05) is 23.4 Å². The maximum Gasteiger partial charge on any atom is 0.172 e. The number of halogens is 1. The Bertz CT molecular complexity index is 522. The Morgan fingerprint density at radius 2 is 2.12 bits per heavy atom. The second-order valence-electron chi connectivity index (χ2n) is 3.93. The second-order valence-corrected chi connectivity index (χ2v) is 5.35. The van der Waals surface area contributed by atoms with Gasteiger partial charge < -0.3 is 9.47 Å². The fraction of sp³-hybridized carbons (Fsp3) is 0.250. The molecule has 1 aromatic heterocycles. The number of rotatable bonds is 3. The van der Waals surface area contributed by atoms with E-state index in [-0.39, 0.29) is 0 Å². The van der Waals surface area contributed by atoms with Gasteiger partial charge in [-0.15, -0.1) is 0 Å². The van der Waals surface area contributed by atoms with Gasteiger partial charge in [-0.05, 0) is 18.2 Å². The standard InChI is InChI=1S/C12H14ClN3S/c1-15(2)9-4-5-11(10(13)8-9)17-12-14-6-7-16(12)3/h4-8H,1-3H3. The van der Waals surface area contributed by atoms with Crippen LogP contribution in [0.4, 0.5) is 5.69 Å². The highest BCUT2D eigenvalue weighted by Crippen LogP contribution is 2.34. The van der Waals surface area contributed by atoms with Crippen LogP contribution in [0.25, 0.3) is 0 Å². The van der Waals surface area contributed by atoms with Crippen molar-refractivity contribution < 1.29 is 0 Å². The van der Waals surface area contributed by atoms with E-state index in [9.17, 15) is 0 Å². The lowest BCUT2D eigenvalue weighted by Gasteiger charge is -2.13. The summed E-state index contributed by atoms with van der Waals surface area (Å²) >= 11 is 7.83. The number of aromatic nitrogens is 2. The van der Waals surface area contributed by atoms with E-state index in [0.29, 0.717) is 0 Å². The first kappa shape index (κ1) is 12.3. The molecule has 1 aromatic carbocycles. The Morgan fingerprint density at radius 1 is 1.35 bits per heavy atom. The van der Waals surface area contributed by atoms with Crippen LogP contribution in [0.3, 0.4) is 0 Å². The minimum absolute atomic E-state index is 0.754. The van der Waals surface area contributed by atoms with E-state index < -0.39 is 0 Å². The van der Waals surface area contributed by atoms with Crippen LogP contribution in [0.1, 0.15) is 0 Å². The number of imidazole rings is 1. The number of nitrogens with zero attached hydrogens (tertiary/aromatic N) is 3. The lowest BCUT2D eigenvalue weighted by molar-refractivity contribution is 0.790. The molecule has 0 saturated carbocycles. The first-order chi connectivity index (χ1) is 8.08. The molecule has 0 aliphatic carbocycles. The lowest BCUT2D eigenvalue weighted by atomic mass is 10.3. The van der Waals surface area contributed by atoms with E-state index in [2.05, 4.69) is 11.1 Å². The molecule has 0 fully saturated rings. The molecule has 2 rings (SSSR count). The SMILES string of the molecule is CN(C)c1ccc(Sc2nccn2C)c(Cl)c1. The molecule has 0 atom stereocenters. The Balaban J connectivity index is 2.26. The molecule has 0 amide bonds. The zero-order valence-electron chi connectivity index (χ0n) is 10.0. The van der Waals surface area contributed by atoms with Gasteiger partial charge in [0.15, 0.2) is 5.16 Å². The largest absolute Gasteiger partial charge is 0.378 e. The maximum absolute atomic E-state index is 6.26. The summed E-state index contributed by atoms with van der Waals surface area (Å²) in [5.41, 5.74) is 1.10. The first-order valence-corrected chi connectivity index (χ1v) is 6.39. The summed E-state index contributed by atoms with van der Waals surface area (Å²) in [6, 6.07) is 6.04. The smallest absolute Gasteiger partial charge is 0.172 e. The molecule has 90 valence electrons. The number of benzene rings is 1. The second kappa shape index (κ2) is 5.02. The fourth-order valence-electron chi connectivity index (χ4n) is 1.40. The van der Waals surface area contributed by atoms with Crippen molar-refractivity contribution in [2.75, 3.05) is 19.0 Å². The van der Waals surface area contributed by atoms with Crippen molar-refractivity contribution in [1.29, 1.82) is 0 Å². The summed E-state index contributed by atoms with van der Waals surface area (Å²) in [5, 5.41) is 1.69. The summed E-state index contributed by atoms with van der Waals surface area (Å²) in [5.74, 6) is 0. The Kier molecular flexibility index (Phi) is 3.64. The third kappa shape index (κ3) is 2.76. The summed E-state index contributed by atoms with van der Waals surface area (Å²) in [6.45, 7) is 0. The van der Waals surface area contributed by atoms with Crippen molar-refractivity contribution in [3.63, 3.8) is 0 Å². The fourth-order valence-corrected chi connectivity index (χ4v) is 2.50. The van der Waals surface area contributed by atoms with E-state index in [0.717, 1.165) is 20.8 Å². The van der Waals surface area contributed by atoms with Gasteiger partial charge in [0.05, 0.1) is 5.02 Å². The Morgan fingerprint density at radius 3 is 2.65 bits per heavy atom. The van der Waals surface area contributed by atoms with Crippen LogP contribution in [0, 0.1) is 0 Å². The van der Waals surface area contributed by atoms with Gasteiger partial charge in [-0.25, -0.2) is 4.98 Å². The van der Waals surface area contributed by atoms with E-state index in [1.165, 1.54) is 0 Å². The predicted molar refractivity (Wildman–Crippen MR) is 73.1 cm³/mol. The average Bonchev–Trinajstić information content (AvgIpc) is 2.67. The van der Waals surface area contributed by atoms with E-state index in [1.807, 2.05) is 48.9 Å². The van der Waals surface area contributed by atoms with Crippen LogP contribution in [0.15, 0.2) is 40.6 Å². The molecule has 0 radical (unpaired) electrons. The van der Waals surface area contributed by atoms with Gasteiger partial charge in [0.1, 0.15) is 0 Å². The van der Waals surface area contributed by atoms with Crippen LogP contribution in [-0.4, -0.2) is 23.6 Å². The molecule has 3 nitrogen and oxygen atoms in total. The predicted octanol–water partition coefficient (Wildman–Crippen LogP) is 3.29. The molecule has 0 N–H and O–H groups in total. The zero-order valence-corrected chi connectivity index (χ0v) is 11.6. The zero-order chi connectivity index (χ0) is 12.4. The Labute approximate surface area is 110 Å². The number of aryl methyl sites for hydroxylation is 1. The summed E-state index contributed by atoms with van der Waals surface area (Å²) < 4.78 is 1.97. The highest BCUT2D eigenvalue weighted by Gasteiger charge is 2.07. The van der Waals surface area contributed by atoms with Crippen molar-refractivity contribution in [1.82, 2.24) is 9.55 Å². The van der Waals surface area contributed by atoms with Crippen molar-refractivity contribution in [2.45, 2.75) is 10.1 Å². The quantitative estimate of drug-likeness (QED) is 0.852. The van der Waals surface area contributed by atoms with Crippen LogP contribution < -0.4 is 4.90 Å². The van der Waals surface area contributed by atoms with Crippen LogP contribution >= 0.6 is 23.4 Å². The van der Waals surface area contributed by atoms with E-state index in [4.69, 9.17) is 11.6 Å². The first-order valence-electron chi connectivity index (χ1n) is 5.20. The summed E-state index contributed by atoms with van der Waals surface area (Å²) in [7, 11) is 5.96. The number of anilines is 1. The molecule has 2 aromatic rings. The van der Waals surface area contributed by atoms with Crippen LogP contribution in [0.5, 0.6) is 0 Å². The highest BCUT2D eigenvalue weighted by atomic mass is 35.5. The van der Waals surface area contributed by atoms with Crippen LogP contribution in [0.2, 0.25) is 5.02 Å². The lowest BCUT2D eigenvalue weighted by Crippen LogP contribution is -2.08. The molecular formula is C12H14ClN3S. The molecule has 0 unspecified atom stereocenters. The van der Waals surface area contributed by atoms with Crippen molar-refractivity contribution >= 4 is 29.1 Å². The van der Waals surface area contributed by atoms with Crippen molar-refractivity contribution in [2.24, 2.45) is 7.05 Å². The van der Waals surface area contributed by atoms with Gasteiger partial charge >= 0.3 is 0 Å². The minimum Gasteiger partial charge on any atom is -0.378 e. The average molecular weight is 268 g/mol. The minimum atomic E-state index is 0.754. The molecule has 17 heavy (non-hydrogen) atoms. The molecule has 0 saturated heterocycles. The number of hydrogen-bond acceptors (Lipinski definition) is 3. The molecule has 0 aliphatic heterocycles. The van der Waals surface area contributed by atoms with E-state index in [1.54, 1.807) is 18.0 Å². The van der Waals surface area contributed by atoms with Gasteiger partial charge in [0.2, 0.25) is 0 Å². The molecule has 5 heteroatoms. The summed E-state index contributed by atoms with van der Waals surface area (Å²) in [4.78, 5) is 7.32. The molecule has 0 bridgehead atoms. The highest BCUT2D eigenvalue weighted by molar-refractivity contribution is 7.99. The molecule has 1 heterocycles. The maximum atomic E-state index is 6.26. The van der Waals surface area contributed by atoms with Gasteiger partial charge in [0, 0.05) is 44.1 Å². The monoisotopic (exact) mass is 267 g/mol. The summed E-state index contributed by atoms with van der Waals surface area (Å²) in [6.07, 6.45) is 3.70. The third-order valence-electron chi connectivity index (χ3n) is 2.41. The molecular weight excluding hydrogens is 254 g/mol. The van der Waals surface area contributed by atoms with E-state index >= 15 is 0 Å². The van der Waals surface area contributed by atoms with Crippen molar-refractivity contribution in [3.05, 3.63) is 35.6 Å². The number of hydrogen-bond donors (Lipinski definition) is 0. The molecule has 0 aliphatic rings. The topological polar surface area (TPSA) is 21.1 Å². The Hall–Kier alpha value is -1.13. The van der Waals surface area contributed by atoms with Gasteiger partial charge in [-0.3, -0.25) is 0 Å².